The Bertz CT molecular complexity index is 1440. The van der Waals surface area contributed by atoms with Crippen molar-refractivity contribution in [2.24, 2.45) is 0 Å². The summed E-state index contributed by atoms with van der Waals surface area (Å²) in [6.45, 7) is 13.8. The van der Waals surface area contributed by atoms with Gasteiger partial charge in [0.25, 0.3) is 0 Å². The minimum Gasteiger partial charge on any atom is -0.439 e. The molecule has 6 heteroatoms. The molecule has 0 radical (unpaired) electrons. The van der Waals surface area contributed by atoms with Gasteiger partial charge in [-0.1, -0.05) is 25.1 Å². The molecular formula is C30H32N4OS. The van der Waals surface area contributed by atoms with Crippen LogP contribution in [-0.4, -0.2) is 9.97 Å². The van der Waals surface area contributed by atoms with Crippen LogP contribution in [-0.2, 0) is 13.0 Å². The van der Waals surface area contributed by atoms with E-state index in [4.69, 9.17) is 14.7 Å². The number of benzene rings is 3. The zero-order valence-corrected chi connectivity index (χ0v) is 22.6. The largest absolute Gasteiger partial charge is 0.439 e. The molecule has 36 heavy (non-hydrogen) atoms. The SMILES string of the molecule is CCc1c2nc(nc1-c1c(C)c(C)c(C)c(C)c1C)NSc1cccc(c1)NCc1cccc(c1)O2. The summed E-state index contributed by atoms with van der Waals surface area (Å²) < 4.78 is 9.86. The number of anilines is 2. The first kappa shape index (κ1) is 24.2. The molecule has 2 heterocycles. The van der Waals surface area contributed by atoms with E-state index in [1.54, 1.807) is 0 Å². The van der Waals surface area contributed by atoms with Gasteiger partial charge in [-0.15, -0.1) is 0 Å². The van der Waals surface area contributed by atoms with E-state index in [0.717, 1.165) is 39.6 Å². The second-order valence-corrected chi connectivity index (χ2v) is 10.2. The highest BCUT2D eigenvalue weighted by molar-refractivity contribution is 8.00. The van der Waals surface area contributed by atoms with Crippen molar-refractivity contribution in [1.29, 1.82) is 0 Å². The summed E-state index contributed by atoms with van der Waals surface area (Å²) in [5, 5.41) is 3.51. The zero-order valence-electron chi connectivity index (χ0n) is 21.7. The molecule has 4 aromatic rings. The summed E-state index contributed by atoms with van der Waals surface area (Å²) in [6, 6.07) is 16.5. The lowest BCUT2D eigenvalue weighted by Crippen LogP contribution is -2.08. The van der Waals surface area contributed by atoms with E-state index in [0.29, 0.717) is 18.4 Å². The first-order valence-corrected chi connectivity index (χ1v) is 13.2. The predicted molar refractivity (Wildman–Crippen MR) is 150 cm³/mol. The molecule has 0 fully saturated rings. The van der Waals surface area contributed by atoms with Crippen LogP contribution >= 0.6 is 11.9 Å². The lowest BCUT2D eigenvalue weighted by Gasteiger charge is -2.22. The summed E-state index contributed by atoms with van der Waals surface area (Å²) in [4.78, 5) is 11.0. The first-order valence-electron chi connectivity index (χ1n) is 12.4. The Hall–Kier alpha value is -3.51. The Morgan fingerprint density at radius 2 is 1.58 bits per heavy atom. The van der Waals surface area contributed by atoms with Crippen LogP contribution in [0.5, 0.6) is 11.6 Å². The third-order valence-electron chi connectivity index (χ3n) is 7.26. The highest BCUT2D eigenvalue weighted by Crippen LogP contribution is 2.39. The minimum absolute atomic E-state index is 0.531. The average molecular weight is 497 g/mol. The standard InChI is InChI=1S/C30H32N4OS/c1-7-26-28(27-20(5)18(3)17(2)19(4)21(27)6)32-30-33-29(26)35-24-12-8-10-22(14-24)16-31-23-11-9-13-25(15-23)36-34-30/h8-15,31H,7,16H2,1-6H3,(H,32,33,34). The van der Waals surface area contributed by atoms with Crippen molar-refractivity contribution in [3.63, 3.8) is 0 Å². The molecule has 6 bridgehead atoms. The van der Waals surface area contributed by atoms with E-state index in [9.17, 15) is 0 Å². The summed E-state index contributed by atoms with van der Waals surface area (Å²) in [5.74, 6) is 1.89. The third-order valence-corrected chi connectivity index (χ3v) is 8.04. The van der Waals surface area contributed by atoms with Crippen LogP contribution in [0.4, 0.5) is 11.6 Å². The number of nitrogens with zero attached hydrogens (tertiary/aromatic N) is 2. The lowest BCUT2D eigenvalue weighted by atomic mass is 9.86. The fourth-order valence-electron chi connectivity index (χ4n) is 4.78. The van der Waals surface area contributed by atoms with Crippen LogP contribution in [0.3, 0.4) is 0 Å². The van der Waals surface area contributed by atoms with Crippen molar-refractivity contribution in [2.75, 3.05) is 10.0 Å². The smallest absolute Gasteiger partial charge is 0.237 e. The van der Waals surface area contributed by atoms with Crippen molar-refractivity contribution in [3.8, 4) is 22.9 Å². The molecular weight excluding hydrogens is 464 g/mol. The minimum atomic E-state index is 0.531. The molecule has 0 amide bonds. The van der Waals surface area contributed by atoms with E-state index in [1.807, 2.05) is 12.1 Å². The van der Waals surface area contributed by atoms with Gasteiger partial charge in [-0.3, -0.25) is 4.72 Å². The van der Waals surface area contributed by atoms with Crippen LogP contribution in [0, 0.1) is 34.6 Å². The Morgan fingerprint density at radius 3 is 2.33 bits per heavy atom. The number of ether oxygens (including phenoxy) is 1. The number of aromatic nitrogens is 2. The molecule has 5 nitrogen and oxygen atoms in total. The third kappa shape index (κ3) is 4.53. The van der Waals surface area contributed by atoms with Gasteiger partial charge in [0.1, 0.15) is 5.75 Å². The van der Waals surface area contributed by atoms with Crippen LogP contribution in [0.25, 0.3) is 11.3 Å². The van der Waals surface area contributed by atoms with Crippen molar-refractivity contribution < 1.29 is 4.74 Å². The Labute approximate surface area is 217 Å². The van der Waals surface area contributed by atoms with Gasteiger partial charge in [0.05, 0.1) is 5.69 Å². The van der Waals surface area contributed by atoms with Gasteiger partial charge in [-0.05, 0) is 117 Å². The van der Waals surface area contributed by atoms with Crippen LogP contribution in [0.1, 0.15) is 45.9 Å². The fraction of sp³-hybridized carbons (Fsp3) is 0.267. The van der Waals surface area contributed by atoms with Crippen molar-refractivity contribution >= 4 is 23.6 Å². The number of nitrogens with one attached hydrogen (secondary N) is 2. The molecule has 0 saturated heterocycles. The summed E-state index contributed by atoms with van der Waals surface area (Å²) >= 11 is 1.50. The molecule has 1 aliphatic heterocycles. The van der Waals surface area contributed by atoms with Crippen molar-refractivity contribution in [1.82, 2.24) is 9.97 Å². The van der Waals surface area contributed by atoms with Gasteiger partial charge in [0.15, 0.2) is 0 Å². The van der Waals surface area contributed by atoms with Gasteiger partial charge >= 0.3 is 0 Å². The lowest BCUT2D eigenvalue weighted by molar-refractivity contribution is 0.456. The summed E-state index contributed by atoms with van der Waals surface area (Å²) in [7, 11) is 0. The maximum Gasteiger partial charge on any atom is 0.237 e. The monoisotopic (exact) mass is 496 g/mol. The van der Waals surface area contributed by atoms with E-state index in [1.165, 1.54) is 45.3 Å². The molecule has 0 spiro atoms. The number of fused-ring (bicyclic) bond motifs is 6. The number of hydrogen-bond acceptors (Lipinski definition) is 6. The summed E-state index contributed by atoms with van der Waals surface area (Å²) in [5.41, 5.74) is 11.8. The molecule has 3 aromatic carbocycles. The van der Waals surface area contributed by atoms with Gasteiger partial charge in [-0.25, -0.2) is 4.98 Å². The van der Waals surface area contributed by atoms with E-state index in [-0.39, 0.29) is 0 Å². The quantitative estimate of drug-likeness (QED) is 0.274. The van der Waals surface area contributed by atoms with Crippen LogP contribution in [0.2, 0.25) is 0 Å². The van der Waals surface area contributed by atoms with E-state index < -0.39 is 0 Å². The van der Waals surface area contributed by atoms with Crippen molar-refractivity contribution in [2.45, 2.75) is 59.4 Å². The zero-order chi connectivity index (χ0) is 25.4. The maximum atomic E-state index is 6.47. The van der Waals surface area contributed by atoms with Crippen LogP contribution in [0.15, 0.2) is 53.4 Å². The Balaban J connectivity index is 1.73. The second kappa shape index (κ2) is 9.86. The normalized spacial score (nSPS) is 12.7. The van der Waals surface area contributed by atoms with Gasteiger partial charge in [0, 0.05) is 28.3 Å². The predicted octanol–water partition coefficient (Wildman–Crippen LogP) is 8.09. The molecule has 0 unspecified atom stereocenters. The highest BCUT2D eigenvalue weighted by Gasteiger charge is 2.22. The van der Waals surface area contributed by atoms with Gasteiger partial charge in [0.2, 0.25) is 11.8 Å². The Morgan fingerprint density at radius 1 is 0.861 bits per heavy atom. The first-order chi connectivity index (χ1) is 17.4. The fourth-order valence-corrected chi connectivity index (χ4v) is 5.42. The molecule has 2 N–H and O–H groups in total. The van der Waals surface area contributed by atoms with Gasteiger partial charge < -0.3 is 10.1 Å². The molecule has 1 aliphatic rings. The van der Waals surface area contributed by atoms with E-state index in [2.05, 4.69) is 88.0 Å². The molecule has 5 rings (SSSR count). The van der Waals surface area contributed by atoms with Crippen LogP contribution < -0.4 is 14.8 Å². The molecule has 0 atom stereocenters. The second-order valence-electron chi connectivity index (χ2n) is 9.37. The number of hydrogen-bond donors (Lipinski definition) is 2. The Kier molecular flexibility index (Phi) is 6.63. The number of rotatable bonds is 2. The highest BCUT2D eigenvalue weighted by atomic mass is 32.2. The molecule has 0 saturated carbocycles. The summed E-state index contributed by atoms with van der Waals surface area (Å²) in [6.07, 6.45) is 0.756. The van der Waals surface area contributed by atoms with E-state index >= 15 is 0 Å². The molecule has 1 aromatic heterocycles. The topological polar surface area (TPSA) is 59.1 Å². The van der Waals surface area contributed by atoms with Gasteiger partial charge in [-0.2, -0.15) is 4.98 Å². The maximum absolute atomic E-state index is 6.47. The average Bonchev–Trinajstić information content (AvgIpc) is 2.88. The van der Waals surface area contributed by atoms with Crippen molar-refractivity contribution in [3.05, 3.63) is 87.5 Å². The molecule has 184 valence electrons. The molecule has 0 aliphatic carbocycles.